The van der Waals surface area contributed by atoms with E-state index in [1.165, 1.54) is 0 Å². The summed E-state index contributed by atoms with van der Waals surface area (Å²) >= 11 is 0. The van der Waals surface area contributed by atoms with Gasteiger partial charge in [0.05, 0.1) is 12.6 Å². The summed E-state index contributed by atoms with van der Waals surface area (Å²) in [6.45, 7) is 6.91. The maximum Gasteiger partial charge on any atom is 0.240 e. The maximum atomic E-state index is 11.6. The van der Waals surface area contributed by atoms with Gasteiger partial charge in [0.1, 0.15) is 5.41 Å². The third kappa shape index (κ3) is 4.30. The number of nitriles is 1. The predicted octanol–water partition coefficient (Wildman–Crippen LogP) is 0.567. The van der Waals surface area contributed by atoms with Gasteiger partial charge in [-0.25, -0.2) is 0 Å². The smallest absolute Gasteiger partial charge is 0.240 e. The van der Waals surface area contributed by atoms with Gasteiger partial charge in [-0.05, 0) is 27.2 Å². The van der Waals surface area contributed by atoms with Gasteiger partial charge >= 0.3 is 0 Å². The monoisotopic (exact) mass is 225 g/mol. The first-order valence-electron chi connectivity index (χ1n) is 5.34. The van der Waals surface area contributed by atoms with Gasteiger partial charge in [-0.3, -0.25) is 9.59 Å². The molecule has 0 aromatic heterocycles. The molecule has 0 saturated carbocycles. The van der Waals surface area contributed by atoms with E-state index >= 15 is 0 Å². The molecule has 0 bridgehead atoms. The van der Waals surface area contributed by atoms with Crippen molar-refractivity contribution in [1.29, 1.82) is 5.26 Å². The highest BCUT2D eigenvalue weighted by atomic mass is 16.2. The summed E-state index contributed by atoms with van der Waals surface area (Å²) < 4.78 is 0. The SMILES string of the molecule is CCC(C)(C#N)C(=O)NCC(=O)NC(C)C. The largest absolute Gasteiger partial charge is 0.352 e. The fourth-order valence-electron chi connectivity index (χ4n) is 1.02. The number of rotatable bonds is 5. The van der Waals surface area contributed by atoms with Crippen molar-refractivity contribution < 1.29 is 9.59 Å². The summed E-state index contributed by atoms with van der Waals surface area (Å²) in [6.07, 6.45) is 0.418. The number of hydrogen-bond acceptors (Lipinski definition) is 3. The van der Waals surface area contributed by atoms with Gasteiger partial charge in [-0.1, -0.05) is 6.92 Å². The zero-order valence-electron chi connectivity index (χ0n) is 10.3. The lowest BCUT2D eigenvalue weighted by Gasteiger charge is -2.18. The van der Waals surface area contributed by atoms with Gasteiger partial charge in [0.2, 0.25) is 11.8 Å². The second-order valence-electron chi connectivity index (χ2n) is 4.20. The molecule has 0 saturated heterocycles. The fourth-order valence-corrected chi connectivity index (χ4v) is 1.02. The zero-order chi connectivity index (χ0) is 12.8. The molecule has 0 aromatic carbocycles. The minimum absolute atomic E-state index is 0.0397. The third-order valence-corrected chi connectivity index (χ3v) is 2.31. The highest BCUT2D eigenvalue weighted by Gasteiger charge is 2.31. The van der Waals surface area contributed by atoms with Crippen LogP contribution in [0.15, 0.2) is 0 Å². The van der Waals surface area contributed by atoms with E-state index in [4.69, 9.17) is 5.26 Å². The van der Waals surface area contributed by atoms with Crippen LogP contribution >= 0.6 is 0 Å². The average molecular weight is 225 g/mol. The molecule has 2 N–H and O–H groups in total. The van der Waals surface area contributed by atoms with E-state index in [-0.39, 0.29) is 18.5 Å². The third-order valence-electron chi connectivity index (χ3n) is 2.31. The summed E-state index contributed by atoms with van der Waals surface area (Å²) in [7, 11) is 0. The molecular weight excluding hydrogens is 206 g/mol. The Morgan fingerprint density at radius 1 is 1.44 bits per heavy atom. The van der Waals surface area contributed by atoms with Crippen LogP contribution in [-0.2, 0) is 9.59 Å². The van der Waals surface area contributed by atoms with Gasteiger partial charge in [0, 0.05) is 6.04 Å². The van der Waals surface area contributed by atoms with Crippen LogP contribution in [0.2, 0.25) is 0 Å². The molecule has 0 spiro atoms. The van der Waals surface area contributed by atoms with Crippen molar-refractivity contribution in [1.82, 2.24) is 10.6 Å². The van der Waals surface area contributed by atoms with Crippen LogP contribution in [0.1, 0.15) is 34.1 Å². The molecule has 1 unspecified atom stereocenters. The second-order valence-corrected chi connectivity index (χ2v) is 4.20. The molecule has 0 aliphatic rings. The van der Waals surface area contributed by atoms with E-state index in [1.807, 2.05) is 19.9 Å². The molecular formula is C11H19N3O2. The summed E-state index contributed by atoms with van der Waals surface area (Å²) in [5.74, 6) is -0.656. The Balaban J connectivity index is 4.18. The van der Waals surface area contributed by atoms with E-state index in [9.17, 15) is 9.59 Å². The van der Waals surface area contributed by atoms with Crippen LogP contribution in [0.4, 0.5) is 0 Å². The predicted molar refractivity (Wildman–Crippen MR) is 60.3 cm³/mol. The summed E-state index contributed by atoms with van der Waals surface area (Å²) in [5, 5.41) is 14.0. The quantitative estimate of drug-likeness (QED) is 0.717. The maximum absolute atomic E-state index is 11.6. The Labute approximate surface area is 96.2 Å². The minimum atomic E-state index is -1.06. The van der Waals surface area contributed by atoms with E-state index in [2.05, 4.69) is 10.6 Å². The van der Waals surface area contributed by atoms with Crippen molar-refractivity contribution in [2.45, 2.75) is 40.2 Å². The van der Waals surface area contributed by atoms with Crippen molar-refractivity contribution in [2.24, 2.45) is 5.41 Å². The van der Waals surface area contributed by atoms with Crippen LogP contribution in [0.5, 0.6) is 0 Å². The topological polar surface area (TPSA) is 82.0 Å². The van der Waals surface area contributed by atoms with E-state index in [1.54, 1.807) is 13.8 Å². The van der Waals surface area contributed by atoms with Crippen molar-refractivity contribution in [3.63, 3.8) is 0 Å². The molecule has 0 aliphatic heterocycles. The van der Waals surface area contributed by atoms with Gasteiger partial charge in [0.25, 0.3) is 0 Å². The summed E-state index contributed by atoms with van der Waals surface area (Å²) in [4.78, 5) is 22.9. The average Bonchev–Trinajstić information content (AvgIpc) is 2.23. The van der Waals surface area contributed by atoms with Crippen LogP contribution < -0.4 is 10.6 Å². The molecule has 2 amide bonds. The second kappa shape index (κ2) is 6.11. The first kappa shape index (κ1) is 14.4. The van der Waals surface area contributed by atoms with Crippen molar-refractivity contribution in [3.8, 4) is 6.07 Å². The molecule has 90 valence electrons. The van der Waals surface area contributed by atoms with Crippen LogP contribution in [0, 0.1) is 16.7 Å². The Morgan fingerprint density at radius 2 is 2.00 bits per heavy atom. The molecule has 0 aromatic rings. The minimum Gasteiger partial charge on any atom is -0.352 e. The highest BCUT2D eigenvalue weighted by Crippen LogP contribution is 2.19. The van der Waals surface area contributed by atoms with E-state index in [0.717, 1.165) is 0 Å². The Hall–Kier alpha value is -1.57. The van der Waals surface area contributed by atoms with Gasteiger partial charge < -0.3 is 10.6 Å². The molecule has 16 heavy (non-hydrogen) atoms. The Bertz CT molecular complexity index is 307. The molecule has 0 radical (unpaired) electrons. The van der Waals surface area contributed by atoms with E-state index < -0.39 is 11.3 Å². The number of hydrogen-bond donors (Lipinski definition) is 2. The lowest BCUT2D eigenvalue weighted by Crippen LogP contribution is -2.44. The first-order valence-corrected chi connectivity index (χ1v) is 5.34. The fraction of sp³-hybridized carbons (Fsp3) is 0.727. The highest BCUT2D eigenvalue weighted by molar-refractivity contribution is 5.89. The lowest BCUT2D eigenvalue weighted by atomic mass is 9.88. The van der Waals surface area contributed by atoms with Gasteiger partial charge in [0.15, 0.2) is 0 Å². The molecule has 0 rings (SSSR count). The van der Waals surface area contributed by atoms with Gasteiger partial charge in [-0.15, -0.1) is 0 Å². The Kier molecular flexibility index (Phi) is 5.51. The number of amides is 2. The molecule has 5 heteroatoms. The van der Waals surface area contributed by atoms with Crippen LogP contribution in [-0.4, -0.2) is 24.4 Å². The lowest BCUT2D eigenvalue weighted by molar-refractivity contribution is -0.130. The van der Waals surface area contributed by atoms with Crippen molar-refractivity contribution in [2.75, 3.05) is 6.54 Å². The summed E-state index contributed by atoms with van der Waals surface area (Å²) in [5.41, 5.74) is -1.06. The normalized spacial score (nSPS) is 13.8. The standard InChI is InChI=1S/C11H19N3O2/c1-5-11(4,7-12)10(16)13-6-9(15)14-8(2)3/h8H,5-6H2,1-4H3,(H,13,16)(H,14,15). The molecule has 0 aliphatic carbocycles. The molecule has 5 nitrogen and oxygen atoms in total. The van der Waals surface area contributed by atoms with E-state index in [0.29, 0.717) is 6.42 Å². The first-order chi connectivity index (χ1) is 7.35. The number of nitrogens with zero attached hydrogens (tertiary/aromatic N) is 1. The van der Waals surface area contributed by atoms with Crippen molar-refractivity contribution in [3.05, 3.63) is 0 Å². The zero-order valence-corrected chi connectivity index (χ0v) is 10.3. The summed E-state index contributed by atoms with van der Waals surface area (Å²) in [6, 6.07) is 1.99. The van der Waals surface area contributed by atoms with Crippen LogP contribution in [0.25, 0.3) is 0 Å². The number of nitrogens with one attached hydrogen (secondary N) is 2. The molecule has 0 heterocycles. The van der Waals surface area contributed by atoms with Crippen LogP contribution in [0.3, 0.4) is 0 Å². The van der Waals surface area contributed by atoms with Gasteiger partial charge in [-0.2, -0.15) is 5.26 Å². The van der Waals surface area contributed by atoms with Crippen molar-refractivity contribution >= 4 is 11.8 Å². The molecule has 0 fully saturated rings. The molecule has 1 atom stereocenters. The number of carbonyl (C=O) groups excluding carboxylic acids is 2. The Morgan fingerprint density at radius 3 is 2.38 bits per heavy atom. The number of carbonyl (C=O) groups is 2.